The fourth-order valence-electron chi connectivity index (χ4n) is 2.37. The number of fused-ring (bicyclic) bond motifs is 1. The summed E-state index contributed by atoms with van der Waals surface area (Å²) < 4.78 is 5.24. The smallest absolute Gasteiger partial charge is 0.133 e. The summed E-state index contributed by atoms with van der Waals surface area (Å²) >= 11 is 0. The van der Waals surface area contributed by atoms with Gasteiger partial charge < -0.3 is 4.74 Å². The van der Waals surface area contributed by atoms with Crippen LogP contribution in [0.5, 0.6) is 5.75 Å². The van der Waals surface area contributed by atoms with E-state index in [0.29, 0.717) is 18.6 Å². The van der Waals surface area contributed by atoms with E-state index in [9.17, 15) is 4.79 Å². The van der Waals surface area contributed by atoms with Crippen molar-refractivity contribution in [3.8, 4) is 5.75 Å². The average Bonchev–Trinajstić information content (AvgIpc) is 2.43. The van der Waals surface area contributed by atoms with E-state index in [1.54, 1.807) is 7.11 Å². The molecule has 1 aliphatic rings. The van der Waals surface area contributed by atoms with Crippen molar-refractivity contribution in [1.82, 2.24) is 4.90 Å². The molecule has 1 heterocycles. The van der Waals surface area contributed by atoms with Gasteiger partial charge in [-0.25, -0.2) is 0 Å². The predicted molar refractivity (Wildman–Crippen MR) is 71.9 cm³/mol. The first-order valence-electron chi connectivity index (χ1n) is 6.62. The van der Waals surface area contributed by atoms with Crippen molar-refractivity contribution in [3.05, 3.63) is 29.3 Å². The molecule has 0 spiro atoms. The number of hydrogen-bond donors (Lipinski definition) is 0. The van der Waals surface area contributed by atoms with Gasteiger partial charge in [-0.1, -0.05) is 13.0 Å². The average molecular weight is 247 g/mol. The summed E-state index contributed by atoms with van der Waals surface area (Å²) in [5, 5.41) is 0. The van der Waals surface area contributed by atoms with Crippen molar-refractivity contribution in [1.29, 1.82) is 0 Å². The first-order valence-corrected chi connectivity index (χ1v) is 6.62. The zero-order valence-electron chi connectivity index (χ0n) is 11.2. The standard InChI is InChI=1S/C15H21NO2/c1-3-14(17)7-9-16-8-6-12-10-15(18-2)5-4-13(12)11-16/h4-5,10H,3,6-9,11H2,1-2H3. The van der Waals surface area contributed by atoms with Crippen LogP contribution in [0.4, 0.5) is 0 Å². The maximum Gasteiger partial charge on any atom is 0.133 e. The number of carbonyl (C=O) groups excluding carboxylic acids is 1. The van der Waals surface area contributed by atoms with Gasteiger partial charge in [-0.3, -0.25) is 9.69 Å². The molecule has 0 saturated heterocycles. The third-order valence-electron chi connectivity index (χ3n) is 3.61. The number of methoxy groups -OCH3 is 1. The summed E-state index contributed by atoms with van der Waals surface area (Å²) in [7, 11) is 1.70. The molecule has 0 unspecified atom stereocenters. The summed E-state index contributed by atoms with van der Waals surface area (Å²) in [4.78, 5) is 13.7. The van der Waals surface area contributed by atoms with Crippen molar-refractivity contribution < 1.29 is 9.53 Å². The van der Waals surface area contributed by atoms with Crippen molar-refractivity contribution in [2.75, 3.05) is 20.2 Å². The first kappa shape index (κ1) is 13.1. The fourth-order valence-corrected chi connectivity index (χ4v) is 2.37. The lowest BCUT2D eigenvalue weighted by molar-refractivity contribution is -0.119. The molecule has 1 aromatic carbocycles. The van der Waals surface area contributed by atoms with E-state index in [0.717, 1.165) is 31.8 Å². The minimum absolute atomic E-state index is 0.357. The van der Waals surface area contributed by atoms with Crippen LogP contribution in [0.25, 0.3) is 0 Å². The van der Waals surface area contributed by atoms with Crippen LogP contribution in [-0.2, 0) is 17.8 Å². The molecule has 0 aromatic heterocycles. The molecule has 0 aliphatic carbocycles. The third-order valence-corrected chi connectivity index (χ3v) is 3.61. The number of Topliss-reactive ketones (excluding diaryl/α,β-unsaturated/α-hetero) is 1. The zero-order chi connectivity index (χ0) is 13.0. The van der Waals surface area contributed by atoms with Gasteiger partial charge in [-0.05, 0) is 29.7 Å². The quantitative estimate of drug-likeness (QED) is 0.800. The van der Waals surface area contributed by atoms with E-state index in [-0.39, 0.29) is 0 Å². The van der Waals surface area contributed by atoms with Crippen LogP contribution >= 0.6 is 0 Å². The Labute approximate surface area is 109 Å². The lowest BCUT2D eigenvalue weighted by Crippen LogP contribution is -2.32. The Kier molecular flexibility index (Phi) is 4.37. The summed E-state index contributed by atoms with van der Waals surface area (Å²) in [6, 6.07) is 6.28. The molecule has 1 aliphatic heterocycles. The second-order valence-corrected chi connectivity index (χ2v) is 4.80. The van der Waals surface area contributed by atoms with E-state index < -0.39 is 0 Å². The highest BCUT2D eigenvalue weighted by atomic mass is 16.5. The molecule has 0 atom stereocenters. The fraction of sp³-hybridized carbons (Fsp3) is 0.533. The lowest BCUT2D eigenvalue weighted by Gasteiger charge is -2.28. The van der Waals surface area contributed by atoms with Crippen molar-refractivity contribution >= 4 is 5.78 Å². The van der Waals surface area contributed by atoms with E-state index in [2.05, 4.69) is 17.0 Å². The van der Waals surface area contributed by atoms with Gasteiger partial charge in [0.15, 0.2) is 0 Å². The number of ketones is 1. The van der Waals surface area contributed by atoms with Gasteiger partial charge >= 0.3 is 0 Å². The van der Waals surface area contributed by atoms with Gasteiger partial charge in [0.1, 0.15) is 11.5 Å². The highest BCUT2D eigenvalue weighted by Gasteiger charge is 2.16. The van der Waals surface area contributed by atoms with Crippen LogP contribution in [0, 0.1) is 0 Å². The zero-order valence-corrected chi connectivity index (χ0v) is 11.2. The second-order valence-electron chi connectivity index (χ2n) is 4.80. The Morgan fingerprint density at radius 1 is 1.39 bits per heavy atom. The molecule has 0 fully saturated rings. The molecular weight excluding hydrogens is 226 g/mol. The molecule has 98 valence electrons. The monoisotopic (exact) mass is 247 g/mol. The molecule has 0 N–H and O–H groups in total. The van der Waals surface area contributed by atoms with Crippen molar-refractivity contribution in [3.63, 3.8) is 0 Å². The molecule has 0 saturated carbocycles. The molecule has 0 radical (unpaired) electrons. The van der Waals surface area contributed by atoms with Gasteiger partial charge in [-0.15, -0.1) is 0 Å². The summed E-state index contributed by atoms with van der Waals surface area (Å²) in [5.74, 6) is 1.29. The summed E-state index contributed by atoms with van der Waals surface area (Å²) in [5.41, 5.74) is 2.75. The highest BCUT2D eigenvalue weighted by molar-refractivity contribution is 5.78. The van der Waals surface area contributed by atoms with Crippen LogP contribution in [-0.4, -0.2) is 30.9 Å². The Bertz CT molecular complexity index is 429. The number of hydrogen-bond acceptors (Lipinski definition) is 3. The van der Waals surface area contributed by atoms with Gasteiger partial charge in [0.05, 0.1) is 7.11 Å². The first-order chi connectivity index (χ1) is 8.72. The number of ether oxygens (including phenoxy) is 1. The predicted octanol–water partition coefficient (Wildman–Crippen LogP) is 2.42. The maximum absolute atomic E-state index is 11.3. The van der Waals surface area contributed by atoms with Crippen LogP contribution in [0.1, 0.15) is 30.9 Å². The molecular formula is C15H21NO2. The van der Waals surface area contributed by atoms with Crippen LogP contribution in [0.15, 0.2) is 18.2 Å². The Morgan fingerprint density at radius 3 is 2.94 bits per heavy atom. The van der Waals surface area contributed by atoms with Crippen LogP contribution < -0.4 is 4.74 Å². The van der Waals surface area contributed by atoms with Gasteiger partial charge in [0, 0.05) is 32.5 Å². The van der Waals surface area contributed by atoms with Gasteiger partial charge in [0.2, 0.25) is 0 Å². The summed E-state index contributed by atoms with van der Waals surface area (Å²) in [6.45, 7) is 4.81. The number of rotatable bonds is 5. The minimum Gasteiger partial charge on any atom is -0.497 e. The highest BCUT2D eigenvalue weighted by Crippen LogP contribution is 2.23. The molecule has 2 rings (SSSR count). The SMILES string of the molecule is CCC(=O)CCN1CCc2cc(OC)ccc2C1. The summed E-state index contributed by atoms with van der Waals surface area (Å²) in [6.07, 6.45) is 2.39. The van der Waals surface area contributed by atoms with E-state index >= 15 is 0 Å². The topological polar surface area (TPSA) is 29.5 Å². The molecule has 3 nitrogen and oxygen atoms in total. The molecule has 0 amide bonds. The molecule has 18 heavy (non-hydrogen) atoms. The van der Waals surface area contributed by atoms with E-state index in [1.165, 1.54) is 11.1 Å². The number of carbonyl (C=O) groups is 1. The van der Waals surface area contributed by atoms with Crippen molar-refractivity contribution in [2.45, 2.75) is 32.7 Å². The van der Waals surface area contributed by atoms with E-state index in [1.807, 2.05) is 13.0 Å². The molecule has 3 heteroatoms. The van der Waals surface area contributed by atoms with Crippen molar-refractivity contribution in [2.24, 2.45) is 0 Å². The lowest BCUT2D eigenvalue weighted by atomic mass is 9.99. The third kappa shape index (κ3) is 3.10. The van der Waals surface area contributed by atoms with Gasteiger partial charge in [0.25, 0.3) is 0 Å². The minimum atomic E-state index is 0.357. The number of nitrogens with zero attached hydrogens (tertiary/aromatic N) is 1. The Balaban J connectivity index is 1.95. The molecule has 0 bridgehead atoms. The molecule has 1 aromatic rings. The van der Waals surface area contributed by atoms with Gasteiger partial charge in [-0.2, -0.15) is 0 Å². The van der Waals surface area contributed by atoms with E-state index in [4.69, 9.17) is 4.74 Å². The van der Waals surface area contributed by atoms with Crippen LogP contribution in [0.2, 0.25) is 0 Å². The second kappa shape index (κ2) is 6.01. The largest absolute Gasteiger partial charge is 0.497 e. The Morgan fingerprint density at radius 2 is 2.22 bits per heavy atom. The normalized spacial score (nSPS) is 15.2. The Hall–Kier alpha value is -1.35. The maximum atomic E-state index is 11.3. The number of benzene rings is 1. The van der Waals surface area contributed by atoms with Crippen LogP contribution in [0.3, 0.4) is 0 Å².